The van der Waals surface area contributed by atoms with Gasteiger partial charge in [-0.1, -0.05) is 50.1 Å². The summed E-state index contributed by atoms with van der Waals surface area (Å²) in [4.78, 5) is 0.709. The lowest BCUT2D eigenvalue weighted by Crippen LogP contribution is -1.82. The van der Waals surface area contributed by atoms with E-state index in [9.17, 15) is 0 Å². The Kier molecular flexibility index (Phi) is 2.06. The summed E-state index contributed by atoms with van der Waals surface area (Å²) in [5.41, 5.74) is 1.44. The van der Waals surface area contributed by atoms with Gasteiger partial charge in [0.1, 0.15) is 0 Å². The first-order valence-electron chi connectivity index (χ1n) is 3.67. The quantitative estimate of drug-likeness (QED) is 0.686. The molecule has 2 heteroatoms. The Morgan fingerprint density at radius 3 is 2.45 bits per heavy atom. The molecular formula is C9H8Br2. The lowest BCUT2D eigenvalue weighted by molar-refractivity contribution is 1.12. The van der Waals surface area contributed by atoms with Crippen LogP contribution in [0.2, 0.25) is 0 Å². The Morgan fingerprint density at radius 1 is 1.27 bits per heavy atom. The summed E-state index contributed by atoms with van der Waals surface area (Å²) in [7, 11) is 0. The summed E-state index contributed by atoms with van der Waals surface area (Å²) in [6.45, 7) is 0. The molecule has 0 aromatic heterocycles. The molecule has 0 radical (unpaired) electrons. The highest BCUT2D eigenvalue weighted by Crippen LogP contribution is 2.48. The second-order valence-corrected chi connectivity index (χ2v) is 4.91. The van der Waals surface area contributed by atoms with E-state index in [2.05, 4.69) is 56.1 Å². The summed E-state index contributed by atoms with van der Waals surface area (Å²) in [6, 6.07) is 8.45. The van der Waals surface area contributed by atoms with Crippen LogP contribution in [0.3, 0.4) is 0 Å². The molecule has 1 aliphatic rings. The van der Waals surface area contributed by atoms with Gasteiger partial charge >= 0.3 is 0 Å². The third-order valence-electron chi connectivity index (χ3n) is 2.02. The summed E-state index contributed by atoms with van der Waals surface area (Å²) in [5.74, 6) is 0.741. The van der Waals surface area contributed by atoms with Crippen molar-refractivity contribution in [3.63, 3.8) is 0 Å². The van der Waals surface area contributed by atoms with Gasteiger partial charge in [-0.05, 0) is 24.0 Å². The van der Waals surface area contributed by atoms with E-state index in [0.717, 1.165) is 5.92 Å². The molecule has 0 nitrogen and oxygen atoms in total. The minimum Gasteiger partial charge on any atom is -0.0884 e. The lowest BCUT2D eigenvalue weighted by Gasteiger charge is -1.99. The standard InChI is InChI=1S/C9H8Br2/c10-8-4-2-1-3-6(8)7-5-9(7)11/h1-4,7,9H,5H2. The zero-order chi connectivity index (χ0) is 7.84. The number of hydrogen-bond donors (Lipinski definition) is 0. The van der Waals surface area contributed by atoms with Gasteiger partial charge in [0.05, 0.1) is 0 Å². The first kappa shape index (κ1) is 7.81. The molecule has 0 saturated heterocycles. The molecule has 2 unspecified atom stereocenters. The van der Waals surface area contributed by atoms with Crippen molar-refractivity contribution in [1.29, 1.82) is 0 Å². The summed E-state index contributed by atoms with van der Waals surface area (Å²) < 4.78 is 1.24. The minimum atomic E-state index is 0.709. The maximum atomic E-state index is 3.60. The van der Waals surface area contributed by atoms with Gasteiger partial charge in [0.2, 0.25) is 0 Å². The van der Waals surface area contributed by atoms with Gasteiger partial charge < -0.3 is 0 Å². The van der Waals surface area contributed by atoms with Crippen LogP contribution in [-0.4, -0.2) is 4.83 Å². The van der Waals surface area contributed by atoms with Crippen molar-refractivity contribution in [3.05, 3.63) is 34.3 Å². The fourth-order valence-corrected chi connectivity index (χ4v) is 2.53. The number of halogens is 2. The van der Waals surface area contributed by atoms with Crippen LogP contribution in [-0.2, 0) is 0 Å². The van der Waals surface area contributed by atoms with Crippen molar-refractivity contribution < 1.29 is 0 Å². The highest BCUT2D eigenvalue weighted by molar-refractivity contribution is 9.10. The lowest BCUT2D eigenvalue weighted by atomic mass is 10.1. The summed E-state index contributed by atoms with van der Waals surface area (Å²) >= 11 is 7.14. The topological polar surface area (TPSA) is 0 Å². The third-order valence-corrected chi connectivity index (χ3v) is 3.75. The van der Waals surface area contributed by atoms with Crippen LogP contribution < -0.4 is 0 Å². The zero-order valence-corrected chi connectivity index (χ0v) is 9.10. The molecule has 2 rings (SSSR count). The van der Waals surface area contributed by atoms with Gasteiger partial charge in [-0.3, -0.25) is 0 Å². The first-order valence-corrected chi connectivity index (χ1v) is 5.38. The fraction of sp³-hybridized carbons (Fsp3) is 0.333. The molecule has 11 heavy (non-hydrogen) atoms. The van der Waals surface area contributed by atoms with Gasteiger partial charge in [-0.2, -0.15) is 0 Å². The number of benzene rings is 1. The molecule has 1 aliphatic carbocycles. The maximum Gasteiger partial charge on any atom is 0.0221 e. The normalized spacial score (nSPS) is 28.5. The van der Waals surface area contributed by atoms with Crippen molar-refractivity contribution in [3.8, 4) is 0 Å². The number of alkyl halides is 1. The average molecular weight is 276 g/mol. The van der Waals surface area contributed by atoms with Crippen LogP contribution >= 0.6 is 31.9 Å². The molecule has 0 aliphatic heterocycles. The molecule has 1 fully saturated rings. The van der Waals surface area contributed by atoms with E-state index in [0.29, 0.717) is 4.83 Å². The smallest absolute Gasteiger partial charge is 0.0221 e. The molecule has 1 aromatic rings. The predicted molar refractivity (Wildman–Crippen MR) is 54.2 cm³/mol. The first-order chi connectivity index (χ1) is 5.29. The zero-order valence-electron chi connectivity index (χ0n) is 5.93. The van der Waals surface area contributed by atoms with Gasteiger partial charge in [0.25, 0.3) is 0 Å². The summed E-state index contributed by atoms with van der Waals surface area (Å²) in [6.07, 6.45) is 1.28. The van der Waals surface area contributed by atoms with E-state index < -0.39 is 0 Å². The maximum absolute atomic E-state index is 3.60. The molecule has 0 spiro atoms. The monoisotopic (exact) mass is 274 g/mol. The van der Waals surface area contributed by atoms with Crippen molar-refractivity contribution in [2.45, 2.75) is 17.2 Å². The summed E-state index contributed by atoms with van der Waals surface area (Å²) in [5, 5.41) is 0. The molecule has 1 saturated carbocycles. The van der Waals surface area contributed by atoms with Gasteiger partial charge in [0, 0.05) is 9.30 Å². The van der Waals surface area contributed by atoms with Crippen molar-refractivity contribution in [2.24, 2.45) is 0 Å². The van der Waals surface area contributed by atoms with Gasteiger partial charge in [-0.25, -0.2) is 0 Å². The second kappa shape index (κ2) is 2.91. The van der Waals surface area contributed by atoms with Crippen molar-refractivity contribution in [1.82, 2.24) is 0 Å². The molecule has 2 atom stereocenters. The van der Waals surface area contributed by atoms with E-state index in [1.165, 1.54) is 16.5 Å². The Hall–Kier alpha value is 0.180. The Bertz CT molecular complexity index is 270. The molecule has 0 heterocycles. The fourth-order valence-electron chi connectivity index (χ4n) is 1.26. The highest BCUT2D eigenvalue weighted by Gasteiger charge is 2.36. The average Bonchev–Trinajstić information content (AvgIpc) is 2.68. The second-order valence-electron chi connectivity index (χ2n) is 2.88. The predicted octanol–water partition coefficient (Wildman–Crippen LogP) is 3.70. The van der Waals surface area contributed by atoms with Crippen LogP contribution in [0.15, 0.2) is 28.7 Å². The van der Waals surface area contributed by atoms with E-state index in [4.69, 9.17) is 0 Å². The van der Waals surface area contributed by atoms with Crippen LogP contribution in [0.4, 0.5) is 0 Å². The Balaban J connectivity index is 2.31. The minimum absolute atomic E-state index is 0.709. The third kappa shape index (κ3) is 1.52. The van der Waals surface area contributed by atoms with Crippen LogP contribution in [0.25, 0.3) is 0 Å². The Labute approximate surface area is 83.3 Å². The van der Waals surface area contributed by atoms with Crippen LogP contribution in [0.5, 0.6) is 0 Å². The van der Waals surface area contributed by atoms with Crippen LogP contribution in [0.1, 0.15) is 17.9 Å². The van der Waals surface area contributed by atoms with E-state index in [-0.39, 0.29) is 0 Å². The van der Waals surface area contributed by atoms with Gasteiger partial charge in [-0.15, -0.1) is 0 Å². The number of hydrogen-bond acceptors (Lipinski definition) is 0. The molecule has 0 bridgehead atoms. The number of rotatable bonds is 1. The van der Waals surface area contributed by atoms with E-state index in [1.54, 1.807) is 0 Å². The SMILES string of the molecule is Brc1ccccc1C1CC1Br. The van der Waals surface area contributed by atoms with Crippen molar-refractivity contribution >= 4 is 31.9 Å². The highest BCUT2D eigenvalue weighted by atomic mass is 79.9. The molecule has 0 amide bonds. The molecule has 1 aromatic carbocycles. The molecular weight excluding hydrogens is 268 g/mol. The Morgan fingerprint density at radius 2 is 1.91 bits per heavy atom. The largest absolute Gasteiger partial charge is 0.0884 e. The van der Waals surface area contributed by atoms with E-state index in [1.807, 2.05) is 0 Å². The molecule has 58 valence electrons. The van der Waals surface area contributed by atoms with Crippen molar-refractivity contribution in [2.75, 3.05) is 0 Å². The van der Waals surface area contributed by atoms with E-state index >= 15 is 0 Å². The van der Waals surface area contributed by atoms with Crippen LogP contribution in [0, 0.1) is 0 Å². The molecule has 0 N–H and O–H groups in total. The van der Waals surface area contributed by atoms with Gasteiger partial charge in [0.15, 0.2) is 0 Å².